The molecule has 1 unspecified atom stereocenters. The lowest BCUT2D eigenvalue weighted by molar-refractivity contribution is -0.384. The molecule has 3 rings (SSSR count). The predicted octanol–water partition coefficient (Wildman–Crippen LogP) is 5.16. The van der Waals surface area contributed by atoms with Gasteiger partial charge in [-0.05, 0) is 29.7 Å². The number of nitrogens with zero attached hydrogens (tertiary/aromatic N) is 1. The van der Waals surface area contributed by atoms with Crippen molar-refractivity contribution in [3.05, 3.63) is 82.4 Å². The molecule has 0 saturated heterocycles. The fourth-order valence-electron chi connectivity index (χ4n) is 2.80. The molecule has 0 bridgehead atoms. The van der Waals surface area contributed by atoms with E-state index in [1.807, 2.05) is 42.5 Å². The van der Waals surface area contributed by atoms with Gasteiger partial charge in [0.25, 0.3) is 11.6 Å². The molecule has 0 aromatic heterocycles. The summed E-state index contributed by atoms with van der Waals surface area (Å²) in [5, 5.41) is 21.3. The summed E-state index contributed by atoms with van der Waals surface area (Å²) in [7, 11) is 0. The first kappa shape index (κ1) is 23.0. The van der Waals surface area contributed by atoms with Crippen LogP contribution in [0.25, 0.3) is 10.8 Å². The summed E-state index contributed by atoms with van der Waals surface area (Å²) in [5.41, 5.74) is 0.519. The van der Waals surface area contributed by atoms with Crippen molar-refractivity contribution in [2.45, 2.75) is 9.96 Å². The van der Waals surface area contributed by atoms with Gasteiger partial charge in [0.2, 0.25) is 3.79 Å². The van der Waals surface area contributed by atoms with E-state index in [-0.39, 0.29) is 16.4 Å². The summed E-state index contributed by atoms with van der Waals surface area (Å²) in [4.78, 5) is 22.9. The van der Waals surface area contributed by atoms with Gasteiger partial charge < -0.3 is 16.0 Å². The fourth-order valence-corrected chi connectivity index (χ4v) is 3.35. The zero-order chi connectivity index (χ0) is 22.6. The number of nitro benzene ring substituents is 1. The number of anilines is 1. The maximum absolute atomic E-state index is 12.6. The topological polar surface area (TPSA) is 96.3 Å². The van der Waals surface area contributed by atoms with Gasteiger partial charge in [0.15, 0.2) is 5.11 Å². The molecule has 0 aliphatic carbocycles. The second-order valence-corrected chi connectivity index (χ2v) is 9.16. The van der Waals surface area contributed by atoms with Crippen LogP contribution in [0.15, 0.2) is 66.7 Å². The van der Waals surface area contributed by atoms with Crippen LogP contribution >= 0.6 is 47.0 Å². The normalized spacial score (nSPS) is 12.1. The molecular weight excluding hydrogens is 483 g/mol. The highest BCUT2D eigenvalue weighted by Gasteiger charge is 2.35. The molecule has 0 spiro atoms. The number of hydrogen-bond donors (Lipinski definition) is 3. The zero-order valence-electron chi connectivity index (χ0n) is 15.6. The number of fused-ring (bicyclic) bond motifs is 1. The minimum Gasteiger partial charge on any atom is -0.339 e. The first-order chi connectivity index (χ1) is 14.6. The summed E-state index contributed by atoms with van der Waals surface area (Å²) in [5.74, 6) is -0.680. The van der Waals surface area contributed by atoms with Gasteiger partial charge >= 0.3 is 0 Å². The van der Waals surface area contributed by atoms with Gasteiger partial charge in [0, 0.05) is 28.8 Å². The number of nitro groups is 1. The number of amides is 1. The van der Waals surface area contributed by atoms with Gasteiger partial charge in [-0.25, -0.2) is 0 Å². The Kier molecular flexibility index (Phi) is 7.17. The van der Waals surface area contributed by atoms with Gasteiger partial charge in [-0.2, -0.15) is 0 Å². The van der Waals surface area contributed by atoms with E-state index in [1.165, 1.54) is 18.2 Å². The molecule has 31 heavy (non-hydrogen) atoms. The summed E-state index contributed by atoms with van der Waals surface area (Å²) >= 11 is 23.4. The standard InChI is InChI=1S/C20H15Cl3N4O3S/c21-20(22,23)18(25-17(28)13-7-3-8-14(11-13)27(29)30)26-19(31)24-16-10-4-6-12-5-1-2-9-15(12)16/h1-11,18H,(H,25,28)(H2,24,26,31). The number of benzene rings is 3. The van der Waals surface area contributed by atoms with Crippen molar-refractivity contribution in [3.63, 3.8) is 0 Å². The third-order valence-corrected chi connectivity index (χ3v) is 5.11. The number of alkyl halides is 3. The quantitative estimate of drug-likeness (QED) is 0.148. The molecule has 3 N–H and O–H groups in total. The Morgan fingerprint density at radius 2 is 1.68 bits per heavy atom. The lowest BCUT2D eigenvalue weighted by Gasteiger charge is -2.28. The largest absolute Gasteiger partial charge is 0.339 e. The molecule has 160 valence electrons. The van der Waals surface area contributed by atoms with Gasteiger partial charge in [-0.3, -0.25) is 14.9 Å². The predicted molar refractivity (Wildman–Crippen MR) is 128 cm³/mol. The highest BCUT2D eigenvalue weighted by atomic mass is 35.6. The maximum Gasteiger partial charge on any atom is 0.270 e. The Balaban J connectivity index is 1.75. The third-order valence-electron chi connectivity index (χ3n) is 4.24. The molecule has 1 amide bonds. The molecule has 0 fully saturated rings. The molecule has 7 nitrogen and oxygen atoms in total. The molecule has 0 heterocycles. The maximum atomic E-state index is 12.6. The second-order valence-electron chi connectivity index (χ2n) is 6.38. The first-order valence-corrected chi connectivity index (χ1v) is 10.4. The smallest absolute Gasteiger partial charge is 0.270 e. The fraction of sp³-hybridized carbons (Fsp3) is 0.100. The Bertz CT molecular complexity index is 1150. The van der Waals surface area contributed by atoms with Crippen LogP contribution in [0.4, 0.5) is 11.4 Å². The Labute approximate surface area is 197 Å². The number of halogens is 3. The highest BCUT2D eigenvalue weighted by molar-refractivity contribution is 7.80. The van der Waals surface area contributed by atoms with Gasteiger partial charge in [0.1, 0.15) is 6.17 Å². The Morgan fingerprint density at radius 1 is 1.00 bits per heavy atom. The number of carbonyl (C=O) groups is 1. The van der Waals surface area contributed by atoms with E-state index >= 15 is 0 Å². The molecule has 1 atom stereocenters. The SMILES string of the molecule is O=C(NC(NC(=S)Nc1cccc2ccccc12)C(Cl)(Cl)Cl)c1cccc([N+](=O)[O-])c1. The van der Waals surface area contributed by atoms with E-state index < -0.39 is 20.8 Å². The van der Waals surface area contributed by atoms with Gasteiger partial charge in [-0.15, -0.1) is 0 Å². The van der Waals surface area contributed by atoms with Crippen molar-refractivity contribution in [1.29, 1.82) is 0 Å². The molecule has 0 radical (unpaired) electrons. The minimum absolute atomic E-state index is 0.0307. The van der Waals surface area contributed by atoms with Crippen molar-refractivity contribution >= 4 is 80.2 Å². The van der Waals surface area contributed by atoms with Crippen molar-refractivity contribution < 1.29 is 9.72 Å². The average molecular weight is 498 g/mol. The van der Waals surface area contributed by atoms with E-state index in [1.54, 1.807) is 0 Å². The Hall–Kier alpha value is -2.65. The van der Waals surface area contributed by atoms with E-state index in [2.05, 4.69) is 16.0 Å². The van der Waals surface area contributed by atoms with Gasteiger partial charge in [-0.1, -0.05) is 77.3 Å². The molecule has 0 saturated carbocycles. The van der Waals surface area contributed by atoms with Crippen LogP contribution in [-0.2, 0) is 0 Å². The van der Waals surface area contributed by atoms with Crippen LogP contribution in [0.2, 0.25) is 0 Å². The lowest BCUT2D eigenvalue weighted by atomic mass is 10.1. The molecular formula is C20H15Cl3N4O3S. The Morgan fingerprint density at radius 3 is 2.39 bits per heavy atom. The summed E-state index contributed by atoms with van der Waals surface area (Å²) < 4.78 is -1.97. The van der Waals surface area contributed by atoms with Crippen molar-refractivity contribution in [2.75, 3.05) is 5.32 Å². The van der Waals surface area contributed by atoms with Crippen LogP contribution in [0.1, 0.15) is 10.4 Å². The van der Waals surface area contributed by atoms with Crippen LogP contribution in [0.5, 0.6) is 0 Å². The number of carbonyl (C=O) groups excluding carboxylic acids is 1. The third kappa shape index (κ3) is 5.95. The van der Waals surface area contributed by atoms with Crippen molar-refractivity contribution in [2.24, 2.45) is 0 Å². The van der Waals surface area contributed by atoms with Crippen LogP contribution in [-0.4, -0.2) is 25.9 Å². The van der Waals surface area contributed by atoms with Crippen molar-refractivity contribution in [3.8, 4) is 0 Å². The number of non-ortho nitro benzene ring substituents is 1. The number of hydrogen-bond acceptors (Lipinski definition) is 4. The number of nitrogens with one attached hydrogen (secondary N) is 3. The van der Waals surface area contributed by atoms with E-state index in [0.717, 1.165) is 22.5 Å². The van der Waals surface area contributed by atoms with Gasteiger partial charge in [0.05, 0.1) is 4.92 Å². The monoisotopic (exact) mass is 496 g/mol. The van der Waals surface area contributed by atoms with Crippen LogP contribution in [0, 0.1) is 10.1 Å². The van der Waals surface area contributed by atoms with Crippen molar-refractivity contribution in [1.82, 2.24) is 10.6 Å². The molecule has 11 heteroatoms. The van der Waals surface area contributed by atoms with E-state index in [4.69, 9.17) is 47.0 Å². The summed E-state index contributed by atoms with van der Waals surface area (Å²) in [6.45, 7) is 0. The first-order valence-electron chi connectivity index (χ1n) is 8.82. The summed E-state index contributed by atoms with van der Waals surface area (Å²) in [6, 6.07) is 18.5. The zero-order valence-corrected chi connectivity index (χ0v) is 18.7. The average Bonchev–Trinajstić information content (AvgIpc) is 2.73. The second kappa shape index (κ2) is 9.65. The summed E-state index contributed by atoms with van der Waals surface area (Å²) in [6.07, 6.45) is -1.22. The highest BCUT2D eigenvalue weighted by Crippen LogP contribution is 2.30. The molecule has 3 aromatic carbocycles. The van der Waals surface area contributed by atoms with Crippen LogP contribution < -0.4 is 16.0 Å². The van der Waals surface area contributed by atoms with E-state index in [0.29, 0.717) is 0 Å². The minimum atomic E-state index is -1.97. The lowest BCUT2D eigenvalue weighted by Crippen LogP contribution is -2.56. The van der Waals surface area contributed by atoms with Crippen LogP contribution in [0.3, 0.4) is 0 Å². The van der Waals surface area contributed by atoms with E-state index in [9.17, 15) is 14.9 Å². The molecule has 0 aliphatic heterocycles. The molecule has 0 aliphatic rings. The number of rotatable bonds is 5. The number of thiocarbonyl (C=S) groups is 1. The molecule has 3 aromatic rings.